The zero-order chi connectivity index (χ0) is 19.8. The van der Waals surface area contributed by atoms with Crippen LogP contribution in [0.15, 0.2) is 12.1 Å². The molecule has 2 aliphatic rings. The van der Waals surface area contributed by atoms with Crippen LogP contribution < -0.4 is 0 Å². The molecule has 0 heterocycles. The Morgan fingerprint density at radius 3 is 1.15 bits per heavy atom. The van der Waals surface area contributed by atoms with Gasteiger partial charge < -0.3 is 10.2 Å². The molecule has 141 valence electrons. The van der Waals surface area contributed by atoms with Gasteiger partial charge in [0.1, 0.15) is 0 Å². The third-order valence-electron chi connectivity index (χ3n) is 3.87. The summed E-state index contributed by atoms with van der Waals surface area (Å²) in [5.41, 5.74) is 1.61. The number of rotatable bonds is 0. The van der Waals surface area contributed by atoms with Crippen LogP contribution in [0.25, 0.3) is 0 Å². The smallest absolute Gasteiger partial charge is 0.504 e. The van der Waals surface area contributed by atoms with E-state index >= 15 is 0 Å². The van der Waals surface area contributed by atoms with E-state index in [2.05, 4.69) is 20.8 Å². The van der Waals surface area contributed by atoms with E-state index in [4.69, 9.17) is 0 Å². The minimum Gasteiger partial charge on any atom is -0.504 e. The molecule has 1 aromatic carbocycles. The molecule has 0 atom stereocenters. The molecule has 0 unspecified atom stereocenters. The first-order valence-electron chi connectivity index (χ1n) is 8.94. The second kappa shape index (κ2) is 12.1. The van der Waals surface area contributed by atoms with Crippen LogP contribution >= 0.6 is 0 Å². The van der Waals surface area contributed by atoms with Gasteiger partial charge in [0.2, 0.25) is 0 Å². The molecular formula is C24H32O2V+4. The number of hydrogen-bond donors (Lipinski definition) is 2. The zero-order valence-corrected chi connectivity index (χ0v) is 18.7. The summed E-state index contributed by atoms with van der Waals surface area (Å²) < 4.78 is 0. The van der Waals surface area contributed by atoms with Crippen molar-refractivity contribution in [2.75, 3.05) is 0 Å². The molecule has 27 heavy (non-hydrogen) atoms. The maximum atomic E-state index is 9.87. The minimum atomic E-state index is -0.178. The molecule has 3 rings (SSSR count). The molecule has 2 nitrogen and oxygen atoms in total. The van der Waals surface area contributed by atoms with E-state index in [0.717, 1.165) is 11.1 Å². The summed E-state index contributed by atoms with van der Waals surface area (Å²) in [4.78, 5) is 0. The van der Waals surface area contributed by atoms with Crippen LogP contribution in [0, 0.1) is 64.2 Å². The molecule has 0 saturated heterocycles. The predicted octanol–water partition coefficient (Wildman–Crippen LogP) is 5.73. The van der Waals surface area contributed by atoms with Crippen LogP contribution in [-0.4, -0.2) is 10.2 Å². The zero-order valence-electron chi connectivity index (χ0n) is 17.3. The van der Waals surface area contributed by atoms with Gasteiger partial charge >= 0.3 is 18.6 Å². The average Bonchev–Trinajstić information content (AvgIpc) is 3.26. The van der Waals surface area contributed by atoms with E-state index in [1.807, 2.05) is 91.0 Å². The van der Waals surface area contributed by atoms with Gasteiger partial charge in [-0.15, -0.1) is 0 Å². The van der Waals surface area contributed by atoms with Gasteiger partial charge in [0, 0.05) is 5.56 Å². The van der Waals surface area contributed by atoms with Gasteiger partial charge in [-0.2, -0.15) is 0 Å². The monoisotopic (exact) mass is 403 g/mol. The van der Waals surface area contributed by atoms with Crippen molar-refractivity contribution in [2.45, 2.75) is 52.4 Å². The van der Waals surface area contributed by atoms with Crippen LogP contribution in [0.1, 0.15) is 52.7 Å². The van der Waals surface area contributed by atoms with Crippen molar-refractivity contribution < 1.29 is 28.8 Å². The molecule has 0 aromatic heterocycles. The van der Waals surface area contributed by atoms with Crippen LogP contribution in [0.4, 0.5) is 0 Å². The molecule has 2 aliphatic carbocycles. The van der Waals surface area contributed by atoms with E-state index in [1.54, 1.807) is 6.07 Å². The van der Waals surface area contributed by atoms with Crippen molar-refractivity contribution >= 4 is 0 Å². The summed E-state index contributed by atoms with van der Waals surface area (Å²) in [6.45, 7) is 12.3. The predicted molar refractivity (Wildman–Crippen MR) is 110 cm³/mol. The SMILES string of the molecule is CC(C)(C)c1cc(O)c(O)c(C(C)(C)C)c1.[CH]1[CH][CH][CH][CH]1.[CH]1[CH][CH][CH][CH]1.[V+4]. The first-order chi connectivity index (χ1) is 12.0. The van der Waals surface area contributed by atoms with Gasteiger partial charge in [-0.25, -0.2) is 0 Å². The summed E-state index contributed by atoms with van der Waals surface area (Å²) >= 11 is 0. The first kappa shape index (κ1) is 26.4. The van der Waals surface area contributed by atoms with E-state index in [1.165, 1.54) is 0 Å². The first-order valence-corrected chi connectivity index (χ1v) is 8.94. The van der Waals surface area contributed by atoms with E-state index in [0.29, 0.717) is 0 Å². The fraction of sp³-hybridized carbons (Fsp3) is 0.333. The van der Waals surface area contributed by atoms with E-state index < -0.39 is 0 Å². The molecule has 2 saturated carbocycles. The molecule has 0 aliphatic heterocycles. The van der Waals surface area contributed by atoms with Gasteiger partial charge in [0.05, 0.1) is 0 Å². The maximum absolute atomic E-state index is 9.87. The fourth-order valence-electron chi connectivity index (χ4n) is 2.27. The summed E-state index contributed by atoms with van der Waals surface area (Å²) in [6, 6.07) is 3.62. The largest absolute Gasteiger partial charge is 4.00 e. The summed E-state index contributed by atoms with van der Waals surface area (Å²) in [6.07, 6.45) is 20.0. The van der Waals surface area contributed by atoms with Gasteiger partial charge in [0.15, 0.2) is 11.5 Å². The summed E-state index contributed by atoms with van der Waals surface area (Å²) in [5, 5.41) is 19.6. The van der Waals surface area contributed by atoms with Crippen molar-refractivity contribution in [1.29, 1.82) is 0 Å². The Kier molecular flexibility index (Phi) is 11.8. The Labute approximate surface area is 180 Å². The van der Waals surface area contributed by atoms with Crippen LogP contribution in [-0.2, 0) is 29.4 Å². The number of aromatic hydroxyl groups is 2. The van der Waals surface area contributed by atoms with Crippen molar-refractivity contribution in [1.82, 2.24) is 0 Å². The minimum absolute atomic E-state index is 0. The van der Waals surface area contributed by atoms with Crippen molar-refractivity contribution in [3.05, 3.63) is 87.5 Å². The number of phenolic OH excluding ortho intramolecular Hbond substituents is 2. The van der Waals surface area contributed by atoms with Gasteiger partial charge in [-0.05, 0) is 86.7 Å². The topological polar surface area (TPSA) is 40.5 Å². The summed E-state index contributed by atoms with van der Waals surface area (Å²) in [5.74, 6) is -0.0298. The van der Waals surface area contributed by atoms with Crippen LogP contribution in [0.3, 0.4) is 0 Å². The van der Waals surface area contributed by atoms with Gasteiger partial charge in [0.25, 0.3) is 0 Å². The van der Waals surface area contributed by atoms with Crippen molar-refractivity contribution in [3.8, 4) is 11.5 Å². The number of phenols is 2. The summed E-state index contributed by atoms with van der Waals surface area (Å²) in [7, 11) is 0. The average molecular weight is 403 g/mol. The van der Waals surface area contributed by atoms with Gasteiger partial charge in [-0.1, -0.05) is 47.6 Å². The molecule has 3 heteroatoms. The Hall–Kier alpha value is -0.596. The normalized spacial score (nSPS) is 16.5. The van der Waals surface area contributed by atoms with Crippen LogP contribution in [0.2, 0.25) is 0 Å². The quantitative estimate of drug-likeness (QED) is 0.543. The third kappa shape index (κ3) is 9.95. The number of benzene rings is 1. The Bertz CT molecular complexity index is 505. The Morgan fingerprint density at radius 2 is 0.889 bits per heavy atom. The van der Waals surface area contributed by atoms with Crippen molar-refractivity contribution in [3.63, 3.8) is 0 Å². The second-order valence-corrected chi connectivity index (χ2v) is 8.32. The molecule has 2 N–H and O–H groups in total. The standard InChI is InChI=1S/C14H22O2.2C5H5.V/c1-13(2,3)9-7-10(14(4,5)6)12(16)11(15)8-9;2*1-2-4-5-3-1;/h7-8,15-16H,1-6H3;2*1-5H;/q;;;+4. The second-order valence-electron chi connectivity index (χ2n) is 8.32. The molecular weight excluding hydrogens is 371 g/mol. The molecule has 0 spiro atoms. The van der Waals surface area contributed by atoms with E-state index in [-0.39, 0.29) is 40.9 Å². The Morgan fingerprint density at radius 1 is 0.556 bits per heavy atom. The van der Waals surface area contributed by atoms with Gasteiger partial charge in [-0.3, -0.25) is 0 Å². The van der Waals surface area contributed by atoms with Crippen molar-refractivity contribution in [2.24, 2.45) is 0 Å². The Balaban J connectivity index is 0.000000496. The molecule has 2 fully saturated rings. The molecule has 1 aromatic rings. The van der Waals surface area contributed by atoms with Crippen LogP contribution in [0.5, 0.6) is 11.5 Å². The number of hydrogen-bond acceptors (Lipinski definition) is 2. The van der Waals surface area contributed by atoms with E-state index in [9.17, 15) is 10.2 Å². The molecule has 11 radical (unpaired) electrons. The molecule has 0 amide bonds. The fourth-order valence-corrected chi connectivity index (χ4v) is 2.27. The molecule has 0 bridgehead atoms. The maximum Gasteiger partial charge on any atom is 4.00 e. The third-order valence-corrected chi connectivity index (χ3v) is 3.87.